The van der Waals surface area contributed by atoms with E-state index in [0.717, 1.165) is 5.56 Å². The number of sulfone groups is 1. The summed E-state index contributed by atoms with van der Waals surface area (Å²) >= 11 is 8.89. The number of carbonyl (C=O) groups excluding carboxylic acids is 1. The topological polar surface area (TPSA) is 115 Å². The molecule has 0 aliphatic rings. The van der Waals surface area contributed by atoms with E-state index in [9.17, 15) is 13.2 Å². The Kier molecular flexibility index (Phi) is 7.67. The molecule has 8 nitrogen and oxygen atoms in total. The van der Waals surface area contributed by atoms with Crippen molar-refractivity contribution in [3.8, 4) is 11.3 Å². The van der Waals surface area contributed by atoms with Crippen LogP contribution in [0.25, 0.3) is 11.3 Å². The van der Waals surface area contributed by atoms with Gasteiger partial charge >= 0.3 is 0 Å². The molecule has 0 fully saturated rings. The van der Waals surface area contributed by atoms with Crippen LogP contribution in [-0.4, -0.2) is 35.4 Å². The zero-order valence-electron chi connectivity index (χ0n) is 17.9. The van der Waals surface area contributed by atoms with Crippen LogP contribution in [0.3, 0.4) is 0 Å². The highest BCUT2D eigenvalue weighted by Gasteiger charge is 2.18. The minimum absolute atomic E-state index is 0.0677. The number of rotatable bonds is 9. The molecule has 0 saturated heterocycles. The molecule has 0 aliphatic carbocycles. The first-order valence-corrected chi connectivity index (χ1v) is 14.0. The van der Waals surface area contributed by atoms with Crippen molar-refractivity contribution in [1.82, 2.24) is 15.4 Å². The molecule has 2 aromatic carbocycles. The lowest BCUT2D eigenvalue weighted by molar-refractivity contribution is 0.101. The van der Waals surface area contributed by atoms with Gasteiger partial charge in [0.1, 0.15) is 0 Å². The molecule has 0 saturated carbocycles. The standard InChI is InChI=1S/C22H19ClN4O4S3/c1-2-11-34(29,30)16-9-7-14(8-10-16)19-12-18(27-31-19)20(28)24-21-25-26-22(33-21)32-13-15-5-3-4-6-17(15)23/h3-10,12H,2,11,13H2,1H3,(H,24,25,28). The van der Waals surface area contributed by atoms with Crippen molar-refractivity contribution < 1.29 is 17.7 Å². The lowest BCUT2D eigenvalue weighted by atomic mass is 10.1. The van der Waals surface area contributed by atoms with Crippen LogP contribution in [0.5, 0.6) is 0 Å². The summed E-state index contributed by atoms with van der Waals surface area (Å²) < 4.78 is 30.3. The van der Waals surface area contributed by atoms with Crippen molar-refractivity contribution in [1.29, 1.82) is 0 Å². The van der Waals surface area contributed by atoms with Crippen molar-refractivity contribution >= 4 is 55.6 Å². The van der Waals surface area contributed by atoms with E-state index in [0.29, 0.717) is 38.0 Å². The zero-order chi connectivity index (χ0) is 24.1. The molecule has 1 N–H and O–H groups in total. The molecule has 2 aromatic heterocycles. The largest absolute Gasteiger partial charge is 0.355 e. The molecular formula is C22H19ClN4O4S3. The Bertz CT molecular complexity index is 1400. The number of carbonyl (C=O) groups is 1. The molecule has 1 amide bonds. The molecule has 4 rings (SSSR count). The first-order valence-electron chi connectivity index (χ1n) is 10.2. The predicted octanol–water partition coefficient (Wildman–Crippen LogP) is 5.57. The maximum atomic E-state index is 12.6. The minimum atomic E-state index is -3.30. The van der Waals surface area contributed by atoms with E-state index in [1.807, 2.05) is 31.2 Å². The summed E-state index contributed by atoms with van der Waals surface area (Å²) in [5, 5.41) is 15.6. The van der Waals surface area contributed by atoms with Gasteiger partial charge in [0.25, 0.3) is 5.91 Å². The van der Waals surface area contributed by atoms with E-state index in [1.165, 1.54) is 41.3 Å². The number of benzene rings is 2. The second kappa shape index (κ2) is 10.7. The summed E-state index contributed by atoms with van der Waals surface area (Å²) in [5.41, 5.74) is 1.66. The van der Waals surface area contributed by atoms with Crippen molar-refractivity contribution in [3.05, 3.63) is 70.9 Å². The van der Waals surface area contributed by atoms with E-state index in [2.05, 4.69) is 20.7 Å². The van der Waals surface area contributed by atoms with Gasteiger partial charge in [0.15, 0.2) is 25.6 Å². The third-order valence-corrected chi connectivity index (χ3v) is 8.98. The second-order valence-corrected chi connectivity index (χ2v) is 11.8. The first-order chi connectivity index (χ1) is 16.4. The molecule has 0 atom stereocenters. The van der Waals surface area contributed by atoms with Crippen LogP contribution in [0.15, 0.2) is 68.4 Å². The van der Waals surface area contributed by atoms with E-state index in [1.54, 1.807) is 12.1 Å². The van der Waals surface area contributed by atoms with Crippen molar-refractivity contribution in [2.75, 3.05) is 11.1 Å². The fraction of sp³-hybridized carbons (Fsp3) is 0.182. The average Bonchev–Trinajstić information content (AvgIpc) is 3.49. The maximum Gasteiger partial charge on any atom is 0.279 e. The van der Waals surface area contributed by atoms with Gasteiger partial charge in [-0.15, -0.1) is 10.2 Å². The van der Waals surface area contributed by atoms with E-state index in [-0.39, 0.29) is 16.3 Å². The Balaban J connectivity index is 1.38. The van der Waals surface area contributed by atoms with Gasteiger partial charge in [0, 0.05) is 22.4 Å². The fourth-order valence-corrected chi connectivity index (χ4v) is 6.32. The third kappa shape index (κ3) is 5.84. The number of hydrogen-bond donors (Lipinski definition) is 1. The molecule has 12 heteroatoms. The van der Waals surface area contributed by atoms with Crippen LogP contribution < -0.4 is 5.32 Å². The highest BCUT2D eigenvalue weighted by Crippen LogP contribution is 2.31. The summed E-state index contributed by atoms with van der Waals surface area (Å²) in [4.78, 5) is 12.8. The molecule has 176 valence electrons. The summed E-state index contributed by atoms with van der Waals surface area (Å²) in [6.07, 6.45) is 0.542. The Labute approximate surface area is 209 Å². The van der Waals surface area contributed by atoms with Crippen LogP contribution >= 0.6 is 34.7 Å². The summed E-state index contributed by atoms with van der Waals surface area (Å²) in [5.74, 6) is 0.576. The number of nitrogens with zero attached hydrogens (tertiary/aromatic N) is 3. The van der Waals surface area contributed by atoms with Crippen molar-refractivity contribution in [2.45, 2.75) is 28.3 Å². The number of nitrogens with one attached hydrogen (secondary N) is 1. The number of anilines is 1. The first kappa shape index (κ1) is 24.4. The number of halogens is 1. The highest BCUT2D eigenvalue weighted by atomic mass is 35.5. The molecule has 0 radical (unpaired) electrons. The number of hydrogen-bond acceptors (Lipinski definition) is 9. The Morgan fingerprint density at radius 3 is 2.65 bits per heavy atom. The Hall–Kier alpha value is -2.73. The molecule has 2 heterocycles. The normalized spacial score (nSPS) is 11.5. The van der Waals surface area contributed by atoms with Gasteiger partial charge in [-0.05, 0) is 42.3 Å². The summed E-state index contributed by atoms with van der Waals surface area (Å²) in [6.45, 7) is 1.81. The number of amides is 1. The monoisotopic (exact) mass is 534 g/mol. The Morgan fingerprint density at radius 1 is 1.15 bits per heavy atom. The minimum Gasteiger partial charge on any atom is -0.355 e. The van der Waals surface area contributed by atoms with Crippen LogP contribution in [0.4, 0.5) is 5.13 Å². The predicted molar refractivity (Wildman–Crippen MR) is 133 cm³/mol. The van der Waals surface area contributed by atoms with Gasteiger partial charge in [-0.25, -0.2) is 8.42 Å². The summed E-state index contributed by atoms with van der Waals surface area (Å²) in [6, 6.07) is 15.3. The third-order valence-electron chi connectivity index (χ3n) is 4.65. The van der Waals surface area contributed by atoms with Crippen LogP contribution in [-0.2, 0) is 15.6 Å². The van der Waals surface area contributed by atoms with E-state index >= 15 is 0 Å². The van der Waals surface area contributed by atoms with Gasteiger partial charge in [0.05, 0.1) is 10.6 Å². The number of thioether (sulfide) groups is 1. The summed E-state index contributed by atoms with van der Waals surface area (Å²) in [7, 11) is -3.30. The molecule has 0 bridgehead atoms. The molecule has 0 spiro atoms. The molecule has 0 unspecified atom stereocenters. The zero-order valence-corrected chi connectivity index (χ0v) is 21.1. The van der Waals surface area contributed by atoms with Crippen molar-refractivity contribution in [3.63, 3.8) is 0 Å². The smallest absolute Gasteiger partial charge is 0.279 e. The average molecular weight is 535 g/mol. The van der Waals surface area contributed by atoms with Gasteiger partial charge in [-0.2, -0.15) is 0 Å². The van der Waals surface area contributed by atoms with Gasteiger partial charge in [0.2, 0.25) is 5.13 Å². The van der Waals surface area contributed by atoms with Gasteiger partial charge in [-0.1, -0.05) is 65.0 Å². The lowest BCUT2D eigenvalue weighted by Gasteiger charge is -2.03. The van der Waals surface area contributed by atoms with Crippen LogP contribution in [0.1, 0.15) is 29.4 Å². The van der Waals surface area contributed by atoms with Gasteiger partial charge < -0.3 is 4.52 Å². The van der Waals surface area contributed by atoms with E-state index < -0.39 is 15.7 Å². The SMILES string of the molecule is CCCS(=O)(=O)c1ccc(-c2cc(C(=O)Nc3nnc(SCc4ccccc4Cl)s3)no2)cc1. The fourth-order valence-electron chi connectivity index (χ4n) is 2.97. The van der Waals surface area contributed by atoms with Crippen LogP contribution in [0.2, 0.25) is 5.02 Å². The quantitative estimate of drug-likeness (QED) is 0.219. The number of aromatic nitrogens is 3. The molecule has 34 heavy (non-hydrogen) atoms. The second-order valence-electron chi connectivity index (χ2n) is 7.13. The molecular weight excluding hydrogens is 516 g/mol. The maximum absolute atomic E-state index is 12.6. The lowest BCUT2D eigenvalue weighted by Crippen LogP contribution is -2.11. The van der Waals surface area contributed by atoms with Crippen molar-refractivity contribution in [2.24, 2.45) is 0 Å². The Morgan fingerprint density at radius 2 is 1.91 bits per heavy atom. The van der Waals surface area contributed by atoms with E-state index in [4.69, 9.17) is 16.1 Å². The molecule has 4 aromatic rings. The highest BCUT2D eigenvalue weighted by molar-refractivity contribution is 8.00. The molecule has 0 aliphatic heterocycles. The van der Waals surface area contributed by atoms with Gasteiger partial charge in [-0.3, -0.25) is 10.1 Å². The van der Waals surface area contributed by atoms with Crippen LogP contribution in [0, 0.1) is 0 Å².